The minimum absolute atomic E-state index is 0.0240. The predicted octanol–water partition coefficient (Wildman–Crippen LogP) is 10.9. The molecule has 0 unspecified atom stereocenters. The van der Waals surface area contributed by atoms with Gasteiger partial charge in [0.2, 0.25) is 10.0 Å². The molecule has 77 heavy (non-hydrogen) atoms. The number of carbonyl (C=O) groups excluding carboxylic acids is 4. The molecule has 0 spiro atoms. The first-order valence-electron chi connectivity index (χ1n) is 23.6. The number of nitrogens with zero attached hydrogens (tertiary/aromatic N) is 3. The molecular weight excluding hydrogens is 1130 g/mol. The van der Waals surface area contributed by atoms with Gasteiger partial charge >= 0.3 is 23.9 Å². The number of pyridine rings is 2. The zero-order valence-corrected chi connectivity index (χ0v) is 45.0. The Morgan fingerprint density at radius 2 is 1.10 bits per heavy atom. The third-order valence-corrected chi connectivity index (χ3v) is 14.3. The standard InChI is InChI=1S/C20H20ClF2NO4S.C14H17F2NO2.C13H9F2NO2.C7H6BrNO2/c1-2-28-20(25)19-8-3-13(14-9-16(22)11-17(23)10-14)12-24(19)29(26,27)18-6-4-15(21)5-7-18;1-2-19-14(18)13-4-3-9(8-17-13)10-5-11(15)7-12(16)6-10;1-18-13(17)12-3-2-8(7-16-12)9-4-10(14)6-11(15)5-9;1-11-7(10)6-3-2-5(8)4-9-6/h4-7,9-11,13,19H,2-3,8,12H2,1H3;5-7,9,13,17H,2-4,8H2,1H3;2-7H,1H3;2-4H,1H3/t13-,19-;9-,13-;;/m11../s1. The van der Waals surface area contributed by atoms with Crippen molar-refractivity contribution in [2.24, 2.45) is 0 Å². The second kappa shape index (κ2) is 29.1. The molecule has 1 N–H and O–H groups in total. The molecule has 8 rings (SSSR count). The van der Waals surface area contributed by atoms with Gasteiger partial charge in [0.1, 0.15) is 58.4 Å². The summed E-state index contributed by atoms with van der Waals surface area (Å²) >= 11 is 9.05. The zero-order chi connectivity index (χ0) is 56.4. The fourth-order valence-corrected chi connectivity index (χ4v) is 10.0. The number of ether oxygens (including phenoxy) is 4. The number of benzene rings is 4. The number of rotatable bonds is 11. The normalized spacial score (nSPS) is 17.1. The van der Waals surface area contributed by atoms with E-state index in [2.05, 4.69) is 40.7 Å². The van der Waals surface area contributed by atoms with Crippen molar-refractivity contribution in [3.05, 3.63) is 182 Å². The SMILES string of the molecule is CCOC(=O)[C@H]1CC[C@@H](c2cc(F)cc(F)c2)CN1.CCOC(=O)[C@H]1CC[C@@H](c2cc(F)cc(F)c2)CN1S(=O)(=O)c1ccc(Cl)cc1.COC(=O)c1ccc(-c2cc(F)cc(F)c2)cn1.COC(=O)c1ccc(Br)cn1. The Labute approximate surface area is 454 Å². The molecule has 2 aliphatic rings. The third-order valence-electron chi connectivity index (χ3n) is 11.7. The number of piperidine rings is 2. The molecule has 410 valence electrons. The Kier molecular flexibility index (Phi) is 23.1. The van der Waals surface area contributed by atoms with Crippen molar-refractivity contribution in [1.82, 2.24) is 19.6 Å². The number of aromatic nitrogens is 2. The van der Waals surface area contributed by atoms with E-state index >= 15 is 0 Å². The van der Waals surface area contributed by atoms with Crippen molar-refractivity contribution >= 4 is 61.4 Å². The lowest BCUT2D eigenvalue weighted by Crippen LogP contribution is -2.50. The maximum atomic E-state index is 13.7. The molecule has 4 aromatic carbocycles. The fourth-order valence-electron chi connectivity index (χ4n) is 8.01. The van der Waals surface area contributed by atoms with Gasteiger partial charge in [-0.3, -0.25) is 9.59 Å². The Morgan fingerprint density at radius 3 is 1.56 bits per heavy atom. The van der Waals surface area contributed by atoms with Gasteiger partial charge in [-0.1, -0.05) is 17.7 Å². The summed E-state index contributed by atoms with van der Waals surface area (Å²) in [6.45, 7) is 4.29. The van der Waals surface area contributed by atoms with Gasteiger partial charge in [0, 0.05) is 58.7 Å². The average molecular weight is 1180 g/mol. The van der Waals surface area contributed by atoms with Gasteiger partial charge in [-0.15, -0.1) is 0 Å². The predicted molar refractivity (Wildman–Crippen MR) is 275 cm³/mol. The Morgan fingerprint density at radius 1 is 0.623 bits per heavy atom. The van der Waals surface area contributed by atoms with Crippen LogP contribution in [0.1, 0.15) is 83.5 Å². The number of nitrogens with one attached hydrogen (secondary N) is 1. The number of methoxy groups -OCH3 is 2. The molecule has 0 saturated carbocycles. The Balaban J connectivity index is 0.000000200. The van der Waals surface area contributed by atoms with Crippen molar-refractivity contribution in [2.75, 3.05) is 40.5 Å². The van der Waals surface area contributed by atoms with Gasteiger partial charge in [-0.05, 0) is 163 Å². The highest BCUT2D eigenvalue weighted by atomic mass is 79.9. The molecule has 2 aliphatic heterocycles. The van der Waals surface area contributed by atoms with Crippen LogP contribution in [0.4, 0.5) is 26.3 Å². The minimum atomic E-state index is -4.07. The average Bonchev–Trinajstić information content (AvgIpc) is 3.42. The molecule has 0 bridgehead atoms. The van der Waals surface area contributed by atoms with E-state index in [-0.39, 0.29) is 48.1 Å². The minimum Gasteiger partial charge on any atom is -0.465 e. The van der Waals surface area contributed by atoms with Crippen LogP contribution in [0, 0.1) is 34.9 Å². The van der Waals surface area contributed by atoms with Gasteiger partial charge < -0.3 is 24.3 Å². The highest BCUT2D eigenvalue weighted by Gasteiger charge is 2.42. The molecule has 0 radical (unpaired) electrons. The number of sulfonamides is 1. The molecule has 0 aliphatic carbocycles. The summed E-state index contributed by atoms with van der Waals surface area (Å²) in [5, 5.41) is 3.44. The van der Waals surface area contributed by atoms with Crippen LogP contribution < -0.4 is 5.32 Å². The first-order chi connectivity index (χ1) is 36.6. The van der Waals surface area contributed by atoms with E-state index in [4.69, 9.17) is 21.1 Å². The van der Waals surface area contributed by atoms with Crippen LogP contribution in [-0.2, 0) is 38.6 Å². The molecule has 6 aromatic rings. The maximum Gasteiger partial charge on any atom is 0.356 e. The van der Waals surface area contributed by atoms with Crippen LogP contribution in [0.2, 0.25) is 5.02 Å². The zero-order valence-electron chi connectivity index (χ0n) is 41.8. The summed E-state index contributed by atoms with van der Waals surface area (Å²) in [6.07, 6.45) is 4.79. The van der Waals surface area contributed by atoms with E-state index < -0.39 is 74.8 Å². The van der Waals surface area contributed by atoms with Crippen molar-refractivity contribution in [1.29, 1.82) is 0 Å². The quantitative estimate of drug-likeness (QED) is 0.0736. The molecule has 4 atom stereocenters. The molecule has 4 heterocycles. The van der Waals surface area contributed by atoms with Crippen LogP contribution in [0.25, 0.3) is 11.1 Å². The van der Waals surface area contributed by atoms with E-state index in [1.165, 1.54) is 87.1 Å². The van der Waals surface area contributed by atoms with E-state index in [0.717, 1.165) is 27.0 Å². The number of carbonyl (C=O) groups is 4. The largest absolute Gasteiger partial charge is 0.465 e. The van der Waals surface area contributed by atoms with Crippen LogP contribution >= 0.6 is 27.5 Å². The van der Waals surface area contributed by atoms with E-state index in [0.29, 0.717) is 65.4 Å². The van der Waals surface area contributed by atoms with Gasteiger partial charge in [-0.2, -0.15) is 4.31 Å². The van der Waals surface area contributed by atoms with Gasteiger partial charge in [0.25, 0.3) is 0 Å². The molecular formula is C54H52BrClF6N4O10S. The number of hydrogen-bond donors (Lipinski definition) is 1. The molecule has 2 fully saturated rings. The first kappa shape index (κ1) is 61.1. The second-order valence-corrected chi connectivity index (χ2v) is 20.1. The van der Waals surface area contributed by atoms with Gasteiger partial charge in [-0.25, -0.2) is 54.3 Å². The smallest absolute Gasteiger partial charge is 0.356 e. The Bertz CT molecular complexity index is 3030. The third kappa shape index (κ3) is 17.9. The highest BCUT2D eigenvalue weighted by Crippen LogP contribution is 2.35. The number of hydrogen-bond acceptors (Lipinski definition) is 13. The summed E-state index contributed by atoms with van der Waals surface area (Å²) in [4.78, 5) is 53.6. The van der Waals surface area contributed by atoms with Crippen LogP contribution in [-0.4, -0.2) is 99.2 Å². The second-order valence-electron chi connectivity index (χ2n) is 16.9. The lowest BCUT2D eigenvalue weighted by molar-refractivity contribution is -0.149. The van der Waals surface area contributed by atoms with Crippen molar-refractivity contribution in [3.8, 4) is 11.1 Å². The van der Waals surface area contributed by atoms with Crippen molar-refractivity contribution in [2.45, 2.75) is 68.3 Å². The lowest BCUT2D eigenvalue weighted by Gasteiger charge is -2.37. The molecule has 2 saturated heterocycles. The summed E-state index contributed by atoms with van der Waals surface area (Å²) in [7, 11) is -1.49. The molecule has 23 heteroatoms. The van der Waals surface area contributed by atoms with Gasteiger partial charge in [0.15, 0.2) is 0 Å². The van der Waals surface area contributed by atoms with Crippen LogP contribution in [0.15, 0.2) is 125 Å². The number of esters is 4. The van der Waals surface area contributed by atoms with E-state index in [1.807, 2.05) is 0 Å². The first-order valence-corrected chi connectivity index (χ1v) is 26.2. The molecule has 14 nitrogen and oxygen atoms in total. The monoisotopic (exact) mass is 1180 g/mol. The molecule has 2 aromatic heterocycles. The van der Waals surface area contributed by atoms with E-state index in [1.54, 1.807) is 38.2 Å². The molecule has 0 amide bonds. The fraction of sp³-hybridized carbons (Fsp3) is 0.296. The summed E-state index contributed by atoms with van der Waals surface area (Å²) in [5.74, 6) is -6.26. The number of halogens is 8. The Hall–Kier alpha value is -6.72. The van der Waals surface area contributed by atoms with Crippen molar-refractivity contribution < 1.29 is 72.9 Å². The van der Waals surface area contributed by atoms with Crippen LogP contribution in [0.5, 0.6) is 0 Å². The summed E-state index contributed by atoms with van der Waals surface area (Å²) in [5.41, 5.74) is 2.31. The summed E-state index contributed by atoms with van der Waals surface area (Å²) in [6, 6.07) is 20.4. The highest BCUT2D eigenvalue weighted by molar-refractivity contribution is 9.10. The summed E-state index contributed by atoms with van der Waals surface area (Å²) < 4.78 is 127. The van der Waals surface area contributed by atoms with E-state index in [9.17, 15) is 53.9 Å². The van der Waals surface area contributed by atoms with Crippen LogP contribution in [0.3, 0.4) is 0 Å². The topological polar surface area (TPSA) is 180 Å². The van der Waals surface area contributed by atoms with Gasteiger partial charge in [0.05, 0.1) is 32.3 Å². The lowest BCUT2D eigenvalue weighted by atomic mass is 9.88. The van der Waals surface area contributed by atoms with Crippen molar-refractivity contribution in [3.63, 3.8) is 0 Å². The maximum absolute atomic E-state index is 13.7.